The summed E-state index contributed by atoms with van der Waals surface area (Å²) in [5, 5.41) is -0.482. The Morgan fingerprint density at radius 2 is 1.76 bits per heavy atom. The number of rotatable bonds is 5. The summed E-state index contributed by atoms with van der Waals surface area (Å²) >= 11 is 6.10. The molecule has 0 amide bonds. The summed E-state index contributed by atoms with van der Waals surface area (Å²) in [6.45, 7) is -0.0436. The molecule has 2 aromatic carbocycles. The normalized spacial score (nSPS) is 12.9. The highest BCUT2D eigenvalue weighted by atomic mass is 35.5. The predicted molar refractivity (Wildman–Crippen MR) is 83.4 cm³/mol. The highest BCUT2D eigenvalue weighted by Gasteiger charge is 2.29. The number of hydrogen-bond acceptors (Lipinski definition) is 4. The smallest absolute Gasteiger partial charge is 0.186 e. The zero-order valence-electron chi connectivity index (χ0n) is 11.5. The van der Waals surface area contributed by atoms with Gasteiger partial charge in [0.2, 0.25) is 0 Å². The van der Waals surface area contributed by atoms with Crippen molar-refractivity contribution in [3.8, 4) is 5.75 Å². The molecule has 0 bridgehead atoms. The number of ether oxygens (including phenoxy) is 1. The van der Waals surface area contributed by atoms with Crippen LogP contribution in [0.4, 0.5) is 0 Å². The van der Waals surface area contributed by atoms with E-state index in [0.717, 1.165) is 0 Å². The second kappa shape index (κ2) is 6.47. The molecule has 2 N–H and O–H groups in total. The average molecular weight is 326 g/mol. The fourth-order valence-electron chi connectivity index (χ4n) is 2.09. The molecule has 0 aliphatic rings. The summed E-state index contributed by atoms with van der Waals surface area (Å²) in [4.78, 5) is 0.193. The number of methoxy groups -OCH3 is 1. The predicted octanol–water partition coefficient (Wildman–Crippen LogP) is 2.82. The van der Waals surface area contributed by atoms with E-state index in [1.165, 1.54) is 19.2 Å². The van der Waals surface area contributed by atoms with Crippen molar-refractivity contribution in [2.75, 3.05) is 13.7 Å². The quantitative estimate of drug-likeness (QED) is 0.917. The third kappa shape index (κ3) is 3.20. The van der Waals surface area contributed by atoms with Crippen LogP contribution in [0.1, 0.15) is 10.8 Å². The molecule has 6 heteroatoms. The van der Waals surface area contributed by atoms with Crippen LogP contribution in [0.2, 0.25) is 5.02 Å². The Kier molecular flexibility index (Phi) is 4.88. The van der Waals surface area contributed by atoms with E-state index in [1.807, 2.05) is 0 Å². The molecule has 0 fully saturated rings. The van der Waals surface area contributed by atoms with E-state index >= 15 is 0 Å². The minimum Gasteiger partial charge on any atom is -0.497 e. The fraction of sp³-hybridized carbons (Fsp3) is 0.200. The summed E-state index contributed by atoms with van der Waals surface area (Å²) in [6, 6.07) is 13.1. The van der Waals surface area contributed by atoms with Crippen LogP contribution in [0.15, 0.2) is 53.4 Å². The molecule has 0 spiro atoms. The van der Waals surface area contributed by atoms with Crippen molar-refractivity contribution < 1.29 is 13.2 Å². The maximum atomic E-state index is 12.7. The molecule has 0 aliphatic heterocycles. The van der Waals surface area contributed by atoms with Crippen molar-refractivity contribution in [1.82, 2.24) is 0 Å². The highest BCUT2D eigenvalue weighted by molar-refractivity contribution is 7.91. The second-order valence-corrected chi connectivity index (χ2v) is 7.00. The van der Waals surface area contributed by atoms with Crippen molar-refractivity contribution in [1.29, 1.82) is 0 Å². The first kappa shape index (κ1) is 15.8. The van der Waals surface area contributed by atoms with Gasteiger partial charge in [-0.3, -0.25) is 0 Å². The van der Waals surface area contributed by atoms with Crippen LogP contribution in [0, 0.1) is 0 Å². The lowest BCUT2D eigenvalue weighted by Crippen LogP contribution is -2.22. The number of hydrogen-bond donors (Lipinski definition) is 1. The molecule has 2 rings (SSSR count). The average Bonchev–Trinajstić information content (AvgIpc) is 2.50. The molecule has 4 nitrogen and oxygen atoms in total. The number of nitrogens with two attached hydrogens (primary N) is 1. The van der Waals surface area contributed by atoms with E-state index in [-0.39, 0.29) is 11.4 Å². The van der Waals surface area contributed by atoms with Gasteiger partial charge < -0.3 is 10.5 Å². The minimum atomic E-state index is -3.62. The van der Waals surface area contributed by atoms with Gasteiger partial charge in [-0.2, -0.15) is 0 Å². The number of halogens is 1. The largest absolute Gasteiger partial charge is 0.497 e. The Labute approximate surface area is 129 Å². The highest BCUT2D eigenvalue weighted by Crippen LogP contribution is 2.32. The lowest BCUT2D eigenvalue weighted by atomic mass is 10.1. The number of benzene rings is 2. The molecule has 1 unspecified atom stereocenters. The zero-order chi connectivity index (χ0) is 15.5. The summed E-state index contributed by atoms with van der Waals surface area (Å²) in [5.41, 5.74) is 6.20. The van der Waals surface area contributed by atoms with Crippen LogP contribution in [-0.2, 0) is 9.84 Å². The molecule has 112 valence electrons. The van der Waals surface area contributed by atoms with Gasteiger partial charge in [0.25, 0.3) is 0 Å². The molecular weight excluding hydrogens is 310 g/mol. The van der Waals surface area contributed by atoms with Crippen molar-refractivity contribution in [2.24, 2.45) is 5.73 Å². The maximum absolute atomic E-state index is 12.7. The first-order valence-electron chi connectivity index (χ1n) is 6.33. The fourth-order valence-corrected chi connectivity index (χ4v) is 4.06. The van der Waals surface area contributed by atoms with Gasteiger partial charge in [0, 0.05) is 11.6 Å². The molecule has 21 heavy (non-hydrogen) atoms. The van der Waals surface area contributed by atoms with Crippen molar-refractivity contribution in [3.63, 3.8) is 0 Å². The van der Waals surface area contributed by atoms with Crippen LogP contribution in [-0.4, -0.2) is 22.1 Å². The van der Waals surface area contributed by atoms with E-state index < -0.39 is 15.1 Å². The summed E-state index contributed by atoms with van der Waals surface area (Å²) in [6.07, 6.45) is 0. The van der Waals surface area contributed by atoms with Gasteiger partial charge in [-0.1, -0.05) is 29.8 Å². The molecule has 0 aromatic heterocycles. The first-order chi connectivity index (χ1) is 10.0. The van der Waals surface area contributed by atoms with Crippen LogP contribution >= 0.6 is 11.6 Å². The monoisotopic (exact) mass is 325 g/mol. The van der Waals surface area contributed by atoms with Crippen molar-refractivity contribution >= 4 is 21.4 Å². The number of sulfone groups is 1. The maximum Gasteiger partial charge on any atom is 0.186 e. The van der Waals surface area contributed by atoms with Crippen molar-refractivity contribution in [3.05, 3.63) is 59.1 Å². The van der Waals surface area contributed by atoms with Gasteiger partial charge in [0.05, 0.1) is 12.0 Å². The molecule has 0 saturated heterocycles. The third-order valence-corrected chi connectivity index (χ3v) is 5.70. The molecule has 2 aromatic rings. The van der Waals surface area contributed by atoms with Gasteiger partial charge in [0.15, 0.2) is 9.84 Å². The topological polar surface area (TPSA) is 69.4 Å². The summed E-state index contributed by atoms with van der Waals surface area (Å²) in [5.74, 6) is 0.594. The standard InChI is InChI=1S/C15H16ClNO3S/c1-20-11-6-8-12(9-7-11)21(18,19)15(10-17)13-4-2-3-5-14(13)16/h2-9,15H,10,17H2,1H3. The first-order valence-corrected chi connectivity index (χ1v) is 8.25. The Bertz CT molecular complexity index is 714. The second-order valence-electron chi connectivity index (χ2n) is 4.47. The molecule has 0 saturated carbocycles. The van der Waals surface area contributed by atoms with Gasteiger partial charge in [0.1, 0.15) is 11.0 Å². The van der Waals surface area contributed by atoms with E-state index in [1.54, 1.807) is 36.4 Å². The molecule has 0 heterocycles. The molecule has 1 atom stereocenters. The SMILES string of the molecule is COc1ccc(S(=O)(=O)C(CN)c2ccccc2Cl)cc1. The Hall–Kier alpha value is -1.56. The van der Waals surface area contributed by atoms with Gasteiger partial charge in [-0.15, -0.1) is 0 Å². The minimum absolute atomic E-state index is 0.0436. The zero-order valence-corrected chi connectivity index (χ0v) is 13.1. The molecule has 0 radical (unpaired) electrons. The summed E-state index contributed by atoms with van der Waals surface area (Å²) < 4.78 is 30.5. The van der Waals surface area contributed by atoms with Crippen LogP contribution < -0.4 is 10.5 Å². The van der Waals surface area contributed by atoms with Gasteiger partial charge >= 0.3 is 0 Å². The lowest BCUT2D eigenvalue weighted by Gasteiger charge is -2.17. The molecular formula is C15H16ClNO3S. The van der Waals surface area contributed by atoms with E-state index in [0.29, 0.717) is 16.3 Å². The third-order valence-electron chi connectivity index (χ3n) is 3.23. The Balaban J connectivity index is 2.47. The van der Waals surface area contributed by atoms with Crippen LogP contribution in [0.5, 0.6) is 5.75 Å². The molecule has 0 aliphatic carbocycles. The van der Waals surface area contributed by atoms with Crippen molar-refractivity contribution in [2.45, 2.75) is 10.1 Å². The Morgan fingerprint density at radius 3 is 2.29 bits per heavy atom. The Morgan fingerprint density at radius 1 is 1.14 bits per heavy atom. The van der Waals surface area contributed by atoms with E-state index in [4.69, 9.17) is 22.1 Å². The van der Waals surface area contributed by atoms with Crippen LogP contribution in [0.25, 0.3) is 0 Å². The van der Waals surface area contributed by atoms with Gasteiger partial charge in [-0.25, -0.2) is 8.42 Å². The van der Waals surface area contributed by atoms with E-state index in [2.05, 4.69) is 0 Å². The lowest BCUT2D eigenvalue weighted by molar-refractivity contribution is 0.414. The summed E-state index contributed by atoms with van der Waals surface area (Å²) in [7, 11) is -2.09. The van der Waals surface area contributed by atoms with E-state index in [9.17, 15) is 8.42 Å². The van der Waals surface area contributed by atoms with Gasteiger partial charge in [-0.05, 0) is 35.9 Å². The van der Waals surface area contributed by atoms with Crippen LogP contribution in [0.3, 0.4) is 0 Å².